The van der Waals surface area contributed by atoms with Gasteiger partial charge >= 0.3 is 0 Å². The fourth-order valence-electron chi connectivity index (χ4n) is 1.31. The molecule has 2 rings (SSSR count). The summed E-state index contributed by atoms with van der Waals surface area (Å²) in [6, 6.07) is 2.07. The number of aliphatic imine (C=N–C) groups is 1. The Balaban J connectivity index is 2.51. The van der Waals surface area contributed by atoms with Crippen molar-refractivity contribution in [2.24, 2.45) is 10.7 Å². The van der Waals surface area contributed by atoms with Crippen LogP contribution in [0.15, 0.2) is 11.1 Å². The van der Waals surface area contributed by atoms with Gasteiger partial charge in [0.2, 0.25) is 0 Å². The van der Waals surface area contributed by atoms with Gasteiger partial charge in [-0.15, -0.1) is 11.3 Å². The molecule has 3 N–H and O–H groups in total. The first-order chi connectivity index (χ1) is 5.66. The van der Waals surface area contributed by atoms with Crippen molar-refractivity contribution in [2.75, 3.05) is 5.32 Å². The molecule has 0 spiro atoms. The summed E-state index contributed by atoms with van der Waals surface area (Å²) >= 11 is 1.73. The number of nitrogens with one attached hydrogen (secondary N) is 1. The highest BCUT2D eigenvalue weighted by atomic mass is 32.1. The number of amidine groups is 1. The monoisotopic (exact) mass is 181 g/mol. The van der Waals surface area contributed by atoms with Crippen molar-refractivity contribution in [2.45, 2.75) is 20.0 Å². The number of fused-ring (bicyclic) bond motifs is 1. The van der Waals surface area contributed by atoms with Crippen LogP contribution < -0.4 is 11.1 Å². The van der Waals surface area contributed by atoms with E-state index in [1.54, 1.807) is 11.3 Å². The maximum atomic E-state index is 5.77. The Bertz CT molecular complexity index is 340. The minimum atomic E-state index is 0.107. The molecule has 1 aromatic rings. The highest BCUT2D eigenvalue weighted by Gasteiger charge is 2.17. The summed E-state index contributed by atoms with van der Waals surface area (Å²) in [6.45, 7) is 4.06. The van der Waals surface area contributed by atoms with Crippen LogP contribution in [0.25, 0.3) is 0 Å². The molecule has 64 valence electrons. The van der Waals surface area contributed by atoms with Crippen molar-refractivity contribution in [3.63, 3.8) is 0 Å². The van der Waals surface area contributed by atoms with Crippen LogP contribution in [0.3, 0.4) is 0 Å². The van der Waals surface area contributed by atoms with Gasteiger partial charge in [0, 0.05) is 4.88 Å². The number of hydrogen-bond donors (Lipinski definition) is 2. The maximum absolute atomic E-state index is 5.77. The third-order valence-electron chi connectivity index (χ3n) is 1.80. The number of nitrogens with zero attached hydrogens (tertiary/aromatic N) is 1. The van der Waals surface area contributed by atoms with Gasteiger partial charge in [0.05, 0.1) is 5.56 Å². The van der Waals surface area contributed by atoms with E-state index < -0.39 is 0 Å². The zero-order valence-electron chi connectivity index (χ0n) is 7.09. The molecule has 4 heteroatoms. The highest BCUT2D eigenvalue weighted by Crippen LogP contribution is 2.30. The van der Waals surface area contributed by atoms with E-state index in [-0.39, 0.29) is 6.17 Å². The smallest absolute Gasteiger partial charge is 0.130 e. The lowest BCUT2D eigenvalue weighted by Gasteiger charge is -2.17. The number of hydrogen-bond acceptors (Lipinski definition) is 4. The molecule has 1 unspecified atom stereocenters. The van der Waals surface area contributed by atoms with Crippen LogP contribution in [0.5, 0.6) is 0 Å². The van der Waals surface area contributed by atoms with Gasteiger partial charge < -0.3 is 11.1 Å². The van der Waals surface area contributed by atoms with Crippen molar-refractivity contribution in [1.82, 2.24) is 0 Å². The van der Waals surface area contributed by atoms with Crippen molar-refractivity contribution < 1.29 is 0 Å². The van der Waals surface area contributed by atoms with E-state index in [2.05, 4.69) is 23.3 Å². The molecular weight excluding hydrogens is 170 g/mol. The van der Waals surface area contributed by atoms with E-state index in [1.807, 2.05) is 6.92 Å². The SMILES string of the molecule is Cc1cc2c(s1)NC(C)N=C2N. The van der Waals surface area contributed by atoms with Gasteiger partial charge in [0.15, 0.2) is 0 Å². The van der Waals surface area contributed by atoms with E-state index in [0.717, 1.165) is 10.6 Å². The van der Waals surface area contributed by atoms with Gasteiger partial charge in [-0.3, -0.25) is 0 Å². The number of nitrogens with two attached hydrogens (primary N) is 1. The number of anilines is 1. The molecule has 3 nitrogen and oxygen atoms in total. The van der Waals surface area contributed by atoms with Gasteiger partial charge in [-0.2, -0.15) is 0 Å². The van der Waals surface area contributed by atoms with E-state index >= 15 is 0 Å². The van der Waals surface area contributed by atoms with Crippen LogP contribution in [0, 0.1) is 6.92 Å². The Morgan fingerprint density at radius 2 is 2.42 bits per heavy atom. The first-order valence-corrected chi connectivity index (χ1v) is 4.69. The predicted molar refractivity (Wildman–Crippen MR) is 52.9 cm³/mol. The summed E-state index contributed by atoms with van der Waals surface area (Å²) in [6.07, 6.45) is 0.107. The molecule has 0 amide bonds. The molecule has 1 aliphatic heterocycles. The molecule has 0 saturated carbocycles. The minimum Gasteiger partial charge on any atom is -0.383 e. The summed E-state index contributed by atoms with van der Waals surface area (Å²) in [4.78, 5) is 5.49. The van der Waals surface area contributed by atoms with Crippen LogP contribution in [0.4, 0.5) is 5.00 Å². The fraction of sp³-hybridized carbons (Fsp3) is 0.375. The molecule has 0 fully saturated rings. The average Bonchev–Trinajstić information content (AvgIpc) is 2.29. The molecule has 0 bridgehead atoms. The molecule has 1 atom stereocenters. The zero-order chi connectivity index (χ0) is 8.72. The highest BCUT2D eigenvalue weighted by molar-refractivity contribution is 7.16. The van der Waals surface area contributed by atoms with Crippen LogP contribution in [0.2, 0.25) is 0 Å². The Morgan fingerprint density at radius 3 is 3.17 bits per heavy atom. The van der Waals surface area contributed by atoms with Gasteiger partial charge in [-0.1, -0.05) is 0 Å². The zero-order valence-corrected chi connectivity index (χ0v) is 7.90. The maximum Gasteiger partial charge on any atom is 0.130 e. The summed E-state index contributed by atoms with van der Waals surface area (Å²) in [5.41, 5.74) is 6.82. The fourth-order valence-corrected chi connectivity index (χ4v) is 2.31. The third-order valence-corrected chi connectivity index (χ3v) is 2.79. The molecule has 2 heterocycles. The minimum absolute atomic E-state index is 0.107. The molecule has 12 heavy (non-hydrogen) atoms. The Hall–Kier alpha value is -1.03. The molecule has 0 aromatic carbocycles. The van der Waals surface area contributed by atoms with Crippen molar-refractivity contribution in [3.05, 3.63) is 16.5 Å². The largest absolute Gasteiger partial charge is 0.383 e. The van der Waals surface area contributed by atoms with Crippen LogP contribution in [0.1, 0.15) is 17.4 Å². The van der Waals surface area contributed by atoms with E-state index in [4.69, 9.17) is 5.73 Å². The molecular formula is C8H11N3S. The molecule has 0 aliphatic carbocycles. The lowest BCUT2D eigenvalue weighted by molar-refractivity contribution is 0.845. The van der Waals surface area contributed by atoms with Crippen LogP contribution in [-0.4, -0.2) is 12.0 Å². The second-order valence-electron chi connectivity index (χ2n) is 2.93. The Morgan fingerprint density at radius 1 is 1.67 bits per heavy atom. The summed E-state index contributed by atoms with van der Waals surface area (Å²) in [5.74, 6) is 0.653. The van der Waals surface area contributed by atoms with Crippen molar-refractivity contribution >= 4 is 22.2 Å². The van der Waals surface area contributed by atoms with Gasteiger partial charge in [0.25, 0.3) is 0 Å². The number of rotatable bonds is 0. The number of thiophene rings is 1. The van der Waals surface area contributed by atoms with Gasteiger partial charge in [0.1, 0.15) is 17.0 Å². The second-order valence-corrected chi connectivity index (χ2v) is 4.19. The lowest BCUT2D eigenvalue weighted by atomic mass is 10.2. The molecule has 0 saturated heterocycles. The predicted octanol–water partition coefficient (Wildman–Crippen LogP) is 1.53. The Kier molecular flexibility index (Phi) is 1.58. The topological polar surface area (TPSA) is 50.4 Å². The van der Waals surface area contributed by atoms with Crippen LogP contribution >= 0.6 is 11.3 Å². The quantitative estimate of drug-likeness (QED) is 0.637. The number of aryl methyl sites for hydroxylation is 1. The van der Waals surface area contributed by atoms with Gasteiger partial charge in [-0.05, 0) is 19.9 Å². The first-order valence-electron chi connectivity index (χ1n) is 3.87. The van der Waals surface area contributed by atoms with E-state index in [1.165, 1.54) is 4.88 Å². The first kappa shape index (κ1) is 7.61. The lowest BCUT2D eigenvalue weighted by Crippen LogP contribution is -2.26. The average molecular weight is 181 g/mol. The summed E-state index contributed by atoms with van der Waals surface area (Å²) in [5, 5.41) is 4.41. The van der Waals surface area contributed by atoms with E-state index in [0.29, 0.717) is 5.84 Å². The Labute approximate surface area is 75.3 Å². The van der Waals surface area contributed by atoms with Crippen molar-refractivity contribution in [3.8, 4) is 0 Å². The normalized spacial score (nSPS) is 21.2. The third kappa shape index (κ3) is 1.08. The second kappa shape index (κ2) is 2.48. The van der Waals surface area contributed by atoms with E-state index in [9.17, 15) is 0 Å². The van der Waals surface area contributed by atoms with Crippen molar-refractivity contribution in [1.29, 1.82) is 0 Å². The summed E-state index contributed by atoms with van der Waals surface area (Å²) in [7, 11) is 0. The molecule has 0 radical (unpaired) electrons. The van der Waals surface area contributed by atoms with Crippen LogP contribution in [-0.2, 0) is 0 Å². The molecule has 1 aliphatic rings. The standard InChI is InChI=1S/C8H11N3S/c1-4-3-6-7(9)10-5(2)11-8(6)12-4/h3,5,11H,1-2H3,(H2,9,10). The molecule has 1 aromatic heterocycles. The van der Waals surface area contributed by atoms with Gasteiger partial charge in [-0.25, -0.2) is 4.99 Å². The summed E-state index contributed by atoms with van der Waals surface area (Å²) < 4.78 is 0.